The second-order valence-electron chi connectivity index (χ2n) is 5.18. The van der Waals surface area contributed by atoms with E-state index in [2.05, 4.69) is 10.4 Å². The fourth-order valence-corrected chi connectivity index (χ4v) is 2.06. The molecule has 1 N–H and O–H groups in total. The van der Waals surface area contributed by atoms with E-state index < -0.39 is 5.97 Å². The number of amides is 1. The maximum Gasteiger partial charge on any atom is 0.338 e. The largest absolute Gasteiger partial charge is 0.452 e. The molecule has 1 aromatic carbocycles. The fourth-order valence-electron chi connectivity index (χ4n) is 2.06. The van der Waals surface area contributed by atoms with Crippen LogP contribution in [0.3, 0.4) is 0 Å². The third-order valence-corrected chi connectivity index (χ3v) is 3.28. The van der Waals surface area contributed by atoms with Gasteiger partial charge in [0.25, 0.3) is 5.91 Å². The number of hydrogen-bond donors (Lipinski definition) is 1. The molecule has 22 heavy (non-hydrogen) atoms. The van der Waals surface area contributed by atoms with Crippen LogP contribution in [-0.2, 0) is 9.53 Å². The lowest BCUT2D eigenvalue weighted by Crippen LogP contribution is -2.29. The molecule has 0 aliphatic carbocycles. The Bertz CT molecular complexity index is 567. The minimum absolute atomic E-state index is 0.254. The summed E-state index contributed by atoms with van der Waals surface area (Å²) in [7, 11) is 0. The predicted octanol–water partition coefficient (Wildman–Crippen LogP) is 1.96. The zero-order valence-electron chi connectivity index (χ0n) is 13.0. The minimum Gasteiger partial charge on any atom is -0.452 e. The third-order valence-electron chi connectivity index (χ3n) is 3.28. The van der Waals surface area contributed by atoms with Crippen molar-refractivity contribution in [2.75, 3.05) is 24.7 Å². The molecule has 1 aromatic rings. The third kappa shape index (κ3) is 4.31. The van der Waals surface area contributed by atoms with Crippen LogP contribution < -0.4 is 10.3 Å². The molecule has 1 heterocycles. The van der Waals surface area contributed by atoms with Gasteiger partial charge in [-0.3, -0.25) is 9.80 Å². The van der Waals surface area contributed by atoms with Gasteiger partial charge in [-0.05, 0) is 37.6 Å². The van der Waals surface area contributed by atoms with Gasteiger partial charge >= 0.3 is 5.97 Å². The SMILES string of the molecule is CCCNC(=O)COC(=O)c1ccc(N2CCC(C)=N2)cc1. The molecule has 0 atom stereocenters. The Morgan fingerprint density at radius 3 is 2.64 bits per heavy atom. The van der Waals surface area contributed by atoms with Gasteiger partial charge in [-0.15, -0.1) is 0 Å². The second kappa shape index (κ2) is 7.59. The molecular formula is C16H21N3O3. The number of carbonyl (C=O) groups is 2. The summed E-state index contributed by atoms with van der Waals surface area (Å²) in [4.78, 5) is 23.3. The monoisotopic (exact) mass is 303 g/mol. The molecule has 0 saturated carbocycles. The second-order valence-corrected chi connectivity index (χ2v) is 5.18. The summed E-state index contributed by atoms with van der Waals surface area (Å²) in [6, 6.07) is 7.03. The van der Waals surface area contributed by atoms with E-state index in [4.69, 9.17) is 4.74 Å². The highest BCUT2D eigenvalue weighted by Gasteiger charge is 2.14. The zero-order chi connectivity index (χ0) is 15.9. The Hall–Kier alpha value is -2.37. The van der Waals surface area contributed by atoms with Crippen molar-refractivity contribution in [2.24, 2.45) is 5.10 Å². The van der Waals surface area contributed by atoms with Crippen molar-refractivity contribution in [3.05, 3.63) is 29.8 Å². The van der Waals surface area contributed by atoms with Gasteiger partial charge < -0.3 is 10.1 Å². The number of hydrazone groups is 1. The Kier molecular flexibility index (Phi) is 5.52. The number of ether oxygens (including phenoxy) is 1. The number of nitrogens with zero attached hydrogens (tertiary/aromatic N) is 2. The van der Waals surface area contributed by atoms with Gasteiger partial charge in [-0.1, -0.05) is 6.92 Å². The van der Waals surface area contributed by atoms with Crippen LogP contribution >= 0.6 is 0 Å². The molecule has 1 aliphatic rings. The molecule has 1 amide bonds. The van der Waals surface area contributed by atoms with Crippen LogP contribution in [0.2, 0.25) is 0 Å². The number of anilines is 1. The summed E-state index contributed by atoms with van der Waals surface area (Å²) in [5.74, 6) is -0.784. The summed E-state index contributed by atoms with van der Waals surface area (Å²) in [5, 5.41) is 8.96. The molecular weight excluding hydrogens is 282 g/mol. The highest BCUT2D eigenvalue weighted by atomic mass is 16.5. The van der Waals surface area contributed by atoms with E-state index in [9.17, 15) is 9.59 Å². The van der Waals surface area contributed by atoms with Crippen LogP contribution in [0.1, 0.15) is 37.0 Å². The number of rotatable bonds is 6. The molecule has 0 radical (unpaired) electrons. The minimum atomic E-state index is -0.501. The Labute approximate surface area is 130 Å². The van der Waals surface area contributed by atoms with E-state index in [1.54, 1.807) is 12.1 Å². The molecule has 118 valence electrons. The van der Waals surface area contributed by atoms with Gasteiger partial charge in [0, 0.05) is 25.2 Å². The van der Waals surface area contributed by atoms with E-state index in [-0.39, 0.29) is 12.5 Å². The molecule has 0 aromatic heterocycles. The topological polar surface area (TPSA) is 71.0 Å². The normalized spacial score (nSPS) is 13.7. The number of benzene rings is 1. The Balaban J connectivity index is 1.87. The first-order valence-electron chi connectivity index (χ1n) is 7.45. The van der Waals surface area contributed by atoms with Crippen LogP contribution in [0.4, 0.5) is 5.69 Å². The lowest BCUT2D eigenvalue weighted by molar-refractivity contribution is -0.124. The zero-order valence-corrected chi connectivity index (χ0v) is 13.0. The maximum atomic E-state index is 11.9. The molecule has 2 rings (SSSR count). The molecule has 6 nitrogen and oxygen atoms in total. The predicted molar refractivity (Wildman–Crippen MR) is 85.1 cm³/mol. The smallest absolute Gasteiger partial charge is 0.338 e. The van der Waals surface area contributed by atoms with Gasteiger partial charge in [-0.2, -0.15) is 5.10 Å². The highest BCUT2D eigenvalue weighted by molar-refractivity contribution is 5.92. The summed E-state index contributed by atoms with van der Waals surface area (Å²) in [6.07, 6.45) is 1.80. The van der Waals surface area contributed by atoms with E-state index in [1.165, 1.54) is 0 Å². The van der Waals surface area contributed by atoms with Crippen molar-refractivity contribution in [3.8, 4) is 0 Å². The molecule has 0 saturated heterocycles. The first kappa shape index (κ1) is 16.0. The lowest BCUT2D eigenvalue weighted by Gasteiger charge is -2.13. The van der Waals surface area contributed by atoms with E-state index in [0.29, 0.717) is 12.1 Å². The van der Waals surface area contributed by atoms with E-state index >= 15 is 0 Å². The van der Waals surface area contributed by atoms with Gasteiger partial charge in [0.05, 0.1) is 11.3 Å². The summed E-state index contributed by atoms with van der Waals surface area (Å²) < 4.78 is 4.98. The Morgan fingerprint density at radius 1 is 1.32 bits per heavy atom. The molecule has 0 spiro atoms. The van der Waals surface area contributed by atoms with E-state index in [0.717, 1.165) is 30.8 Å². The summed E-state index contributed by atoms with van der Waals surface area (Å²) in [5.41, 5.74) is 2.46. The van der Waals surface area contributed by atoms with Crippen molar-refractivity contribution in [1.29, 1.82) is 0 Å². The standard InChI is InChI=1S/C16H21N3O3/c1-3-9-17-15(20)11-22-16(21)13-4-6-14(7-5-13)19-10-8-12(2)18-19/h4-7H,3,8-11H2,1-2H3,(H,17,20). The average Bonchev–Trinajstić information content (AvgIpc) is 2.97. The Morgan fingerprint density at radius 2 is 2.05 bits per heavy atom. The summed E-state index contributed by atoms with van der Waals surface area (Å²) >= 11 is 0. The highest BCUT2D eigenvalue weighted by Crippen LogP contribution is 2.20. The van der Waals surface area contributed by atoms with Crippen molar-refractivity contribution in [3.63, 3.8) is 0 Å². The number of esters is 1. The molecule has 0 unspecified atom stereocenters. The quantitative estimate of drug-likeness (QED) is 0.815. The first-order chi connectivity index (χ1) is 10.6. The van der Waals surface area contributed by atoms with E-state index in [1.807, 2.05) is 31.0 Å². The van der Waals surface area contributed by atoms with Gasteiger partial charge in [0.15, 0.2) is 6.61 Å². The number of carbonyl (C=O) groups excluding carboxylic acids is 2. The van der Waals surface area contributed by atoms with Crippen LogP contribution in [0.25, 0.3) is 0 Å². The van der Waals surface area contributed by atoms with Crippen molar-refractivity contribution < 1.29 is 14.3 Å². The van der Waals surface area contributed by atoms with Crippen molar-refractivity contribution in [1.82, 2.24) is 5.32 Å². The van der Waals surface area contributed by atoms with Crippen LogP contribution in [-0.4, -0.2) is 37.3 Å². The molecule has 0 fully saturated rings. The van der Waals surface area contributed by atoms with Crippen LogP contribution in [0.15, 0.2) is 29.4 Å². The fraction of sp³-hybridized carbons (Fsp3) is 0.438. The molecule has 6 heteroatoms. The van der Waals surface area contributed by atoms with Crippen molar-refractivity contribution >= 4 is 23.3 Å². The van der Waals surface area contributed by atoms with Gasteiger partial charge in [-0.25, -0.2) is 4.79 Å². The molecule has 0 bridgehead atoms. The lowest BCUT2D eigenvalue weighted by atomic mass is 10.2. The van der Waals surface area contributed by atoms with Gasteiger partial charge in [0.1, 0.15) is 0 Å². The van der Waals surface area contributed by atoms with Crippen molar-refractivity contribution in [2.45, 2.75) is 26.7 Å². The molecule has 1 aliphatic heterocycles. The van der Waals surface area contributed by atoms with Crippen LogP contribution in [0, 0.1) is 0 Å². The van der Waals surface area contributed by atoms with Gasteiger partial charge in [0.2, 0.25) is 0 Å². The van der Waals surface area contributed by atoms with Crippen LogP contribution in [0.5, 0.6) is 0 Å². The summed E-state index contributed by atoms with van der Waals surface area (Å²) in [6.45, 7) is 5.14. The number of hydrogen-bond acceptors (Lipinski definition) is 5. The first-order valence-corrected chi connectivity index (χ1v) is 7.45. The maximum absolute atomic E-state index is 11.9. The number of nitrogens with one attached hydrogen (secondary N) is 1. The average molecular weight is 303 g/mol.